The second kappa shape index (κ2) is 6.48. The van der Waals surface area contributed by atoms with Crippen molar-refractivity contribution in [2.24, 2.45) is 18.9 Å². The van der Waals surface area contributed by atoms with Gasteiger partial charge in [0.2, 0.25) is 0 Å². The van der Waals surface area contributed by atoms with Gasteiger partial charge in [0.05, 0.1) is 18.8 Å². The second-order valence-electron chi connectivity index (χ2n) is 7.81. The van der Waals surface area contributed by atoms with Crippen molar-refractivity contribution >= 4 is 5.91 Å². The smallest absolute Gasteiger partial charge is 0.259 e. The number of fused-ring (bicyclic) bond motifs is 3. The largest absolute Gasteiger partial charge is 0.389 e. The third kappa shape index (κ3) is 2.69. The third-order valence-electron chi connectivity index (χ3n) is 6.43. The van der Waals surface area contributed by atoms with Gasteiger partial charge >= 0.3 is 0 Å². The van der Waals surface area contributed by atoms with Gasteiger partial charge in [-0.05, 0) is 13.3 Å². The molecule has 142 valence electrons. The maximum atomic E-state index is 13.3. The minimum absolute atomic E-state index is 0.110. The van der Waals surface area contributed by atoms with Gasteiger partial charge in [-0.25, -0.2) is 0 Å². The number of carbonyl (C=O) groups excluding carboxylic acids is 1. The van der Waals surface area contributed by atoms with E-state index in [2.05, 4.69) is 0 Å². The number of pyridine rings is 1. The molecule has 3 aliphatic heterocycles. The molecular weight excluding hydrogens is 336 g/mol. The van der Waals surface area contributed by atoms with Crippen LogP contribution in [-0.4, -0.2) is 65.1 Å². The van der Waals surface area contributed by atoms with Crippen LogP contribution in [0.2, 0.25) is 0 Å². The molecule has 3 fully saturated rings. The van der Waals surface area contributed by atoms with Crippen molar-refractivity contribution in [3.05, 3.63) is 33.7 Å². The SMILES string of the molecule is Cc1cc(=O)c(C(=O)N2C[C@H]3COCC[C@@]3(O)[C@@H]3COCC[C@@H]32)cn1C. The summed E-state index contributed by atoms with van der Waals surface area (Å²) in [6, 6.07) is 1.39. The summed E-state index contributed by atoms with van der Waals surface area (Å²) in [4.78, 5) is 27.5. The Morgan fingerprint density at radius 1 is 1.31 bits per heavy atom. The molecule has 7 nitrogen and oxygen atoms in total. The summed E-state index contributed by atoms with van der Waals surface area (Å²) < 4.78 is 13.0. The van der Waals surface area contributed by atoms with Crippen LogP contribution < -0.4 is 5.43 Å². The number of piperidine rings is 1. The zero-order valence-corrected chi connectivity index (χ0v) is 15.3. The maximum Gasteiger partial charge on any atom is 0.259 e. The quantitative estimate of drug-likeness (QED) is 0.778. The highest BCUT2D eigenvalue weighted by atomic mass is 16.5. The number of carbonyl (C=O) groups is 1. The molecule has 0 radical (unpaired) electrons. The molecule has 1 amide bonds. The molecule has 3 saturated heterocycles. The fraction of sp³-hybridized carbons (Fsp3) is 0.684. The second-order valence-corrected chi connectivity index (χ2v) is 7.81. The molecule has 0 unspecified atom stereocenters. The number of likely N-dealkylation sites (tertiary alicyclic amines) is 1. The molecule has 4 rings (SSSR count). The standard InChI is InChI=1S/C19H26N2O5/c1-12-7-17(22)14(9-20(12)2)18(23)21-8-13-10-26-6-4-19(13,24)15-11-25-5-3-16(15)21/h7,9,13,15-16,24H,3-6,8,10-11H2,1-2H3/t13-,15+,16-,19-/m0/s1. The van der Waals surface area contributed by atoms with Gasteiger partial charge in [-0.15, -0.1) is 0 Å². The van der Waals surface area contributed by atoms with Gasteiger partial charge < -0.3 is 24.0 Å². The first-order valence-electron chi connectivity index (χ1n) is 9.28. The van der Waals surface area contributed by atoms with Crippen LogP contribution in [0.3, 0.4) is 0 Å². The molecule has 1 aromatic heterocycles. The number of hydrogen-bond acceptors (Lipinski definition) is 5. The Labute approximate surface area is 152 Å². The number of rotatable bonds is 1. The van der Waals surface area contributed by atoms with Crippen molar-refractivity contribution in [1.29, 1.82) is 0 Å². The molecule has 26 heavy (non-hydrogen) atoms. The van der Waals surface area contributed by atoms with Gasteiger partial charge in [0.15, 0.2) is 5.43 Å². The van der Waals surface area contributed by atoms with Gasteiger partial charge in [0.25, 0.3) is 5.91 Å². The van der Waals surface area contributed by atoms with E-state index in [1.165, 1.54) is 6.07 Å². The first kappa shape index (κ1) is 17.7. The number of aryl methyl sites for hydroxylation is 2. The number of nitrogens with zero attached hydrogens (tertiary/aromatic N) is 2. The Hall–Kier alpha value is -1.70. The Bertz CT molecular complexity index is 776. The lowest BCUT2D eigenvalue weighted by molar-refractivity contribution is -0.212. The summed E-state index contributed by atoms with van der Waals surface area (Å²) in [7, 11) is 1.83. The minimum Gasteiger partial charge on any atom is -0.389 e. The van der Waals surface area contributed by atoms with Crippen molar-refractivity contribution < 1.29 is 19.4 Å². The van der Waals surface area contributed by atoms with Gasteiger partial charge in [0.1, 0.15) is 5.56 Å². The van der Waals surface area contributed by atoms with E-state index in [-0.39, 0.29) is 34.8 Å². The van der Waals surface area contributed by atoms with E-state index < -0.39 is 5.60 Å². The summed E-state index contributed by atoms with van der Waals surface area (Å²) in [6.07, 6.45) is 2.86. The zero-order chi connectivity index (χ0) is 18.5. The lowest BCUT2D eigenvalue weighted by Gasteiger charge is -2.57. The molecule has 0 aliphatic carbocycles. The first-order chi connectivity index (χ1) is 12.4. The van der Waals surface area contributed by atoms with Gasteiger partial charge in [-0.1, -0.05) is 0 Å². The summed E-state index contributed by atoms with van der Waals surface area (Å²) in [6.45, 7) is 4.21. The average Bonchev–Trinajstić information content (AvgIpc) is 2.63. The molecule has 1 aromatic rings. The molecule has 0 saturated carbocycles. The molecular formula is C19H26N2O5. The van der Waals surface area contributed by atoms with Gasteiger partial charge in [-0.2, -0.15) is 0 Å². The molecule has 0 bridgehead atoms. The Balaban J connectivity index is 1.70. The van der Waals surface area contributed by atoms with Gasteiger partial charge in [-0.3, -0.25) is 9.59 Å². The number of hydrogen-bond donors (Lipinski definition) is 1. The molecule has 3 aliphatic rings. The van der Waals surface area contributed by atoms with E-state index in [9.17, 15) is 14.7 Å². The summed E-state index contributed by atoms with van der Waals surface area (Å²) >= 11 is 0. The maximum absolute atomic E-state index is 13.3. The van der Waals surface area contributed by atoms with Crippen LogP contribution in [-0.2, 0) is 16.5 Å². The lowest BCUT2D eigenvalue weighted by Crippen LogP contribution is -2.69. The van der Waals surface area contributed by atoms with E-state index in [4.69, 9.17) is 9.47 Å². The van der Waals surface area contributed by atoms with Crippen LogP contribution in [0, 0.1) is 18.8 Å². The first-order valence-corrected chi connectivity index (χ1v) is 9.28. The Kier molecular flexibility index (Phi) is 4.41. The highest BCUT2D eigenvalue weighted by Gasteiger charge is 2.56. The predicted molar refractivity (Wildman–Crippen MR) is 94.0 cm³/mol. The van der Waals surface area contributed by atoms with Crippen LogP contribution in [0.15, 0.2) is 17.1 Å². The lowest BCUT2D eigenvalue weighted by atomic mass is 9.66. The van der Waals surface area contributed by atoms with Crippen LogP contribution >= 0.6 is 0 Å². The Morgan fingerprint density at radius 3 is 2.88 bits per heavy atom. The van der Waals surface area contributed by atoms with Crippen LogP contribution in [0.25, 0.3) is 0 Å². The van der Waals surface area contributed by atoms with E-state index in [0.717, 1.165) is 5.69 Å². The molecule has 0 spiro atoms. The minimum atomic E-state index is -0.863. The van der Waals surface area contributed by atoms with Crippen LogP contribution in [0.4, 0.5) is 0 Å². The highest BCUT2D eigenvalue weighted by molar-refractivity contribution is 5.94. The molecule has 0 aromatic carbocycles. The fourth-order valence-corrected chi connectivity index (χ4v) is 4.74. The van der Waals surface area contributed by atoms with Crippen molar-refractivity contribution in [2.75, 3.05) is 33.0 Å². The summed E-state index contributed by atoms with van der Waals surface area (Å²) in [5.74, 6) is -0.551. The van der Waals surface area contributed by atoms with Crippen molar-refractivity contribution in [2.45, 2.75) is 31.4 Å². The van der Waals surface area contributed by atoms with E-state index in [1.54, 1.807) is 15.7 Å². The van der Waals surface area contributed by atoms with Crippen LogP contribution in [0.1, 0.15) is 28.9 Å². The van der Waals surface area contributed by atoms with Gasteiger partial charge in [0, 0.05) is 69.1 Å². The number of ether oxygens (including phenoxy) is 2. The molecule has 1 N–H and O–H groups in total. The predicted octanol–water partition coefficient (Wildman–Crippen LogP) is 0.322. The highest BCUT2D eigenvalue weighted by Crippen LogP contribution is 2.44. The molecule has 7 heteroatoms. The summed E-state index contributed by atoms with van der Waals surface area (Å²) in [5.41, 5.74) is -0.122. The third-order valence-corrected chi connectivity index (χ3v) is 6.43. The molecule has 4 heterocycles. The normalized spacial score (nSPS) is 34.1. The Morgan fingerprint density at radius 2 is 2.08 bits per heavy atom. The van der Waals surface area contributed by atoms with Crippen molar-refractivity contribution in [3.8, 4) is 0 Å². The number of aliphatic hydroxyl groups is 1. The zero-order valence-electron chi connectivity index (χ0n) is 15.3. The van der Waals surface area contributed by atoms with Crippen LogP contribution in [0.5, 0.6) is 0 Å². The summed E-state index contributed by atoms with van der Waals surface area (Å²) in [5, 5.41) is 11.3. The monoisotopic (exact) mass is 362 g/mol. The van der Waals surface area contributed by atoms with E-state index in [0.29, 0.717) is 45.8 Å². The van der Waals surface area contributed by atoms with Crippen molar-refractivity contribution in [1.82, 2.24) is 9.47 Å². The number of amides is 1. The number of aromatic nitrogens is 1. The average molecular weight is 362 g/mol. The fourth-order valence-electron chi connectivity index (χ4n) is 4.74. The topological polar surface area (TPSA) is 81.0 Å². The molecule has 4 atom stereocenters. The van der Waals surface area contributed by atoms with Crippen molar-refractivity contribution in [3.63, 3.8) is 0 Å². The van der Waals surface area contributed by atoms with E-state index >= 15 is 0 Å². The van der Waals surface area contributed by atoms with E-state index in [1.807, 2.05) is 14.0 Å².